The van der Waals surface area contributed by atoms with Crippen molar-refractivity contribution >= 4 is 33.7 Å². The third-order valence-electron chi connectivity index (χ3n) is 2.81. The fourth-order valence-electron chi connectivity index (χ4n) is 1.76. The normalized spacial score (nSPS) is 10.4. The van der Waals surface area contributed by atoms with Crippen molar-refractivity contribution in [3.8, 4) is 18.1 Å². The van der Waals surface area contributed by atoms with Crippen molar-refractivity contribution in [2.45, 2.75) is 6.54 Å². The Morgan fingerprint density at radius 1 is 1.32 bits per heavy atom. The molecule has 0 aliphatic rings. The smallest absolute Gasteiger partial charge is 0.148 e. The Bertz CT molecular complexity index is 710. The van der Waals surface area contributed by atoms with Crippen LogP contribution in [0.3, 0.4) is 0 Å². The van der Waals surface area contributed by atoms with Crippen molar-refractivity contribution in [3.05, 3.63) is 63.1 Å². The Kier molecular flexibility index (Phi) is 6.32. The molecule has 0 fully saturated rings. The molecule has 0 unspecified atom stereocenters. The van der Waals surface area contributed by atoms with Crippen LogP contribution < -0.4 is 10.2 Å². The van der Waals surface area contributed by atoms with Crippen LogP contribution in [0, 0.1) is 12.3 Å². The minimum absolute atomic E-state index is 0.218. The zero-order valence-corrected chi connectivity index (χ0v) is 14.1. The number of nitrogens with one attached hydrogen (secondary N) is 1. The van der Waals surface area contributed by atoms with E-state index in [4.69, 9.17) is 22.8 Å². The van der Waals surface area contributed by atoms with Crippen molar-refractivity contribution in [1.82, 2.24) is 5.43 Å². The molecule has 0 saturated heterocycles. The van der Waals surface area contributed by atoms with Gasteiger partial charge >= 0.3 is 0 Å². The molecule has 5 heteroatoms. The topological polar surface area (TPSA) is 33.6 Å². The van der Waals surface area contributed by atoms with Crippen LogP contribution in [0.5, 0.6) is 5.75 Å². The molecule has 0 radical (unpaired) electrons. The van der Waals surface area contributed by atoms with Gasteiger partial charge < -0.3 is 10.2 Å². The van der Waals surface area contributed by atoms with E-state index in [1.807, 2.05) is 42.5 Å². The van der Waals surface area contributed by atoms with Gasteiger partial charge in [-0.2, -0.15) is 5.10 Å². The zero-order valence-electron chi connectivity index (χ0n) is 11.7. The molecule has 1 N–H and O–H groups in total. The first kappa shape index (κ1) is 16.4. The van der Waals surface area contributed by atoms with Gasteiger partial charge in [-0.3, -0.25) is 0 Å². The SMILES string of the molecule is C#CCOc1ccc(Br)cc1/C=N\NCc1ccccc1Cl. The van der Waals surface area contributed by atoms with E-state index in [2.05, 4.69) is 32.4 Å². The lowest BCUT2D eigenvalue weighted by atomic mass is 10.2. The molecule has 0 spiro atoms. The first-order valence-corrected chi connectivity index (χ1v) is 7.73. The molecule has 0 amide bonds. The number of ether oxygens (including phenoxy) is 1. The number of hydrogen-bond donors (Lipinski definition) is 1. The van der Waals surface area contributed by atoms with Crippen LogP contribution in [0.25, 0.3) is 0 Å². The maximum absolute atomic E-state index is 6.09. The first-order chi connectivity index (χ1) is 10.7. The molecule has 2 aromatic carbocycles. The summed E-state index contributed by atoms with van der Waals surface area (Å²) in [7, 11) is 0. The number of hydrogen-bond acceptors (Lipinski definition) is 3. The molecule has 0 atom stereocenters. The lowest BCUT2D eigenvalue weighted by molar-refractivity contribution is 0.370. The molecule has 0 bridgehead atoms. The number of nitrogens with zero attached hydrogens (tertiary/aromatic N) is 1. The zero-order chi connectivity index (χ0) is 15.8. The largest absolute Gasteiger partial charge is 0.480 e. The predicted molar refractivity (Wildman–Crippen MR) is 94.4 cm³/mol. The summed E-state index contributed by atoms with van der Waals surface area (Å²) in [5.74, 6) is 3.13. The van der Waals surface area contributed by atoms with E-state index in [0.717, 1.165) is 15.6 Å². The van der Waals surface area contributed by atoms with E-state index in [1.165, 1.54) is 0 Å². The summed E-state index contributed by atoms with van der Waals surface area (Å²) in [6.07, 6.45) is 6.90. The Morgan fingerprint density at radius 3 is 2.91 bits per heavy atom. The molecule has 2 rings (SSSR count). The Morgan fingerprint density at radius 2 is 2.14 bits per heavy atom. The van der Waals surface area contributed by atoms with Gasteiger partial charge in [-0.05, 0) is 29.8 Å². The summed E-state index contributed by atoms with van der Waals surface area (Å²) in [6.45, 7) is 0.764. The summed E-state index contributed by atoms with van der Waals surface area (Å²) in [5, 5.41) is 4.92. The van der Waals surface area contributed by atoms with Crippen LogP contribution in [0.15, 0.2) is 52.0 Å². The van der Waals surface area contributed by atoms with Crippen LogP contribution in [0.4, 0.5) is 0 Å². The standard InChI is InChI=1S/C17H14BrClN2O/c1-2-9-22-17-8-7-15(18)10-14(17)12-21-20-11-13-5-3-4-6-16(13)19/h1,3-8,10,12,20H,9,11H2/b21-12-. The second kappa shape index (κ2) is 8.47. The molecule has 2 aromatic rings. The minimum Gasteiger partial charge on any atom is -0.480 e. The summed E-state index contributed by atoms with van der Waals surface area (Å²) in [5.41, 5.74) is 4.78. The molecular weight excluding hydrogens is 364 g/mol. The average Bonchev–Trinajstić information content (AvgIpc) is 2.52. The number of rotatable bonds is 6. The highest BCUT2D eigenvalue weighted by atomic mass is 79.9. The van der Waals surface area contributed by atoms with Gasteiger partial charge in [-0.1, -0.05) is 51.7 Å². The van der Waals surface area contributed by atoms with Crippen LogP contribution in [0.2, 0.25) is 5.02 Å². The molecule has 22 heavy (non-hydrogen) atoms. The number of benzene rings is 2. The van der Waals surface area contributed by atoms with Gasteiger partial charge in [0.05, 0.1) is 12.8 Å². The number of halogens is 2. The van der Waals surface area contributed by atoms with E-state index in [-0.39, 0.29) is 6.61 Å². The van der Waals surface area contributed by atoms with Gasteiger partial charge in [0.15, 0.2) is 0 Å². The van der Waals surface area contributed by atoms with E-state index >= 15 is 0 Å². The lowest BCUT2D eigenvalue weighted by Gasteiger charge is -2.07. The third-order valence-corrected chi connectivity index (χ3v) is 3.67. The monoisotopic (exact) mass is 376 g/mol. The lowest BCUT2D eigenvalue weighted by Crippen LogP contribution is -2.06. The summed E-state index contributed by atoms with van der Waals surface area (Å²) in [4.78, 5) is 0. The Balaban J connectivity index is 2.02. The summed E-state index contributed by atoms with van der Waals surface area (Å²) >= 11 is 9.51. The Labute approximate surface area is 143 Å². The van der Waals surface area contributed by atoms with Crippen LogP contribution in [-0.4, -0.2) is 12.8 Å². The molecule has 0 aliphatic heterocycles. The van der Waals surface area contributed by atoms with E-state index < -0.39 is 0 Å². The summed E-state index contributed by atoms with van der Waals surface area (Å²) in [6, 6.07) is 13.3. The van der Waals surface area contributed by atoms with Gasteiger partial charge in [0.2, 0.25) is 0 Å². The third kappa shape index (κ3) is 4.80. The first-order valence-electron chi connectivity index (χ1n) is 6.56. The molecule has 0 aromatic heterocycles. The fraction of sp³-hybridized carbons (Fsp3) is 0.118. The quantitative estimate of drug-likeness (QED) is 0.464. The second-order valence-electron chi connectivity index (χ2n) is 4.36. The number of hydrazone groups is 1. The van der Waals surface area contributed by atoms with Crippen molar-refractivity contribution < 1.29 is 4.74 Å². The average molecular weight is 378 g/mol. The minimum atomic E-state index is 0.218. The molecule has 0 aliphatic carbocycles. The predicted octanol–water partition coefficient (Wildman–Crippen LogP) is 4.24. The highest BCUT2D eigenvalue weighted by Crippen LogP contribution is 2.21. The fourth-order valence-corrected chi connectivity index (χ4v) is 2.34. The molecule has 112 valence electrons. The van der Waals surface area contributed by atoms with Crippen LogP contribution >= 0.6 is 27.5 Å². The molecule has 0 heterocycles. The van der Waals surface area contributed by atoms with E-state index in [9.17, 15) is 0 Å². The van der Waals surface area contributed by atoms with E-state index in [1.54, 1.807) is 6.21 Å². The van der Waals surface area contributed by atoms with Crippen molar-refractivity contribution in [2.24, 2.45) is 5.10 Å². The van der Waals surface area contributed by atoms with E-state index in [0.29, 0.717) is 17.3 Å². The van der Waals surface area contributed by atoms with Crippen LogP contribution in [0.1, 0.15) is 11.1 Å². The summed E-state index contributed by atoms with van der Waals surface area (Å²) < 4.78 is 6.42. The Hall–Kier alpha value is -1.96. The highest BCUT2D eigenvalue weighted by molar-refractivity contribution is 9.10. The van der Waals surface area contributed by atoms with Gasteiger partial charge in [0.25, 0.3) is 0 Å². The highest BCUT2D eigenvalue weighted by Gasteiger charge is 2.02. The molecular formula is C17H14BrClN2O. The maximum Gasteiger partial charge on any atom is 0.148 e. The van der Waals surface area contributed by atoms with Gasteiger partial charge in [0, 0.05) is 15.1 Å². The molecule has 0 saturated carbocycles. The molecule has 3 nitrogen and oxygen atoms in total. The van der Waals surface area contributed by atoms with Crippen molar-refractivity contribution in [1.29, 1.82) is 0 Å². The van der Waals surface area contributed by atoms with Crippen molar-refractivity contribution in [3.63, 3.8) is 0 Å². The van der Waals surface area contributed by atoms with Crippen molar-refractivity contribution in [2.75, 3.05) is 6.61 Å². The van der Waals surface area contributed by atoms with Crippen LogP contribution in [-0.2, 0) is 6.54 Å². The number of terminal acetylenes is 1. The van der Waals surface area contributed by atoms with Gasteiger partial charge in [-0.25, -0.2) is 0 Å². The second-order valence-corrected chi connectivity index (χ2v) is 5.68. The maximum atomic E-state index is 6.09. The van der Waals surface area contributed by atoms with Gasteiger partial charge in [-0.15, -0.1) is 6.42 Å². The van der Waals surface area contributed by atoms with Gasteiger partial charge in [0.1, 0.15) is 12.4 Å².